The minimum absolute atomic E-state index is 0.0411. The molecule has 1 unspecified atom stereocenters. The molecule has 0 aromatic carbocycles. The first kappa shape index (κ1) is 17.2. The number of amides is 3. The molecule has 110 valence electrons. The Balaban J connectivity index is 3.91. The third-order valence-corrected chi connectivity index (χ3v) is 2.02. The van der Waals surface area contributed by atoms with Crippen LogP contribution in [0.5, 0.6) is 0 Å². The average molecular weight is 275 g/mol. The number of carboxylic acid groups (broad SMARTS) is 1. The third kappa shape index (κ3) is 8.83. The van der Waals surface area contributed by atoms with Crippen molar-refractivity contribution in [3.05, 3.63) is 0 Å². The van der Waals surface area contributed by atoms with Crippen LogP contribution in [0.15, 0.2) is 0 Å². The van der Waals surface area contributed by atoms with E-state index >= 15 is 0 Å². The lowest BCUT2D eigenvalue weighted by Crippen LogP contribution is -2.48. The molecule has 0 aromatic rings. The highest BCUT2D eigenvalue weighted by Gasteiger charge is 2.19. The van der Waals surface area contributed by atoms with Crippen LogP contribution in [0.4, 0.5) is 4.79 Å². The zero-order valence-corrected chi connectivity index (χ0v) is 11.4. The smallest absolute Gasteiger partial charge is 0.328 e. The summed E-state index contributed by atoms with van der Waals surface area (Å²) in [6.07, 6.45) is 0.133. The number of carbonyl (C=O) groups is 3. The Kier molecular flexibility index (Phi) is 8.27. The fraction of sp³-hybridized carbons (Fsp3) is 0.727. The molecule has 0 saturated heterocycles. The predicted molar refractivity (Wildman–Crippen MR) is 67.7 cm³/mol. The zero-order chi connectivity index (χ0) is 14.8. The van der Waals surface area contributed by atoms with Gasteiger partial charge in [0.2, 0.25) is 5.91 Å². The van der Waals surface area contributed by atoms with Crippen LogP contribution in [0.1, 0.15) is 20.3 Å². The van der Waals surface area contributed by atoms with Crippen molar-refractivity contribution >= 4 is 17.9 Å². The van der Waals surface area contributed by atoms with E-state index in [-0.39, 0.29) is 31.5 Å². The maximum Gasteiger partial charge on any atom is 0.328 e. The second-order valence-corrected chi connectivity index (χ2v) is 4.22. The lowest BCUT2D eigenvalue weighted by Gasteiger charge is -2.14. The summed E-state index contributed by atoms with van der Waals surface area (Å²) in [6.45, 7) is 3.67. The Morgan fingerprint density at radius 3 is 2.32 bits per heavy atom. The molecule has 0 aliphatic carbocycles. The molecule has 0 aromatic heterocycles. The monoisotopic (exact) mass is 275 g/mol. The van der Waals surface area contributed by atoms with E-state index in [2.05, 4.69) is 20.7 Å². The Hall–Kier alpha value is -1.83. The van der Waals surface area contributed by atoms with Crippen LogP contribution in [0, 0.1) is 0 Å². The van der Waals surface area contributed by atoms with Crippen LogP contribution in [0.3, 0.4) is 0 Å². The number of hydrogen-bond donors (Lipinski definition) is 4. The minimum atomic E-state index is -1.19. The molecule has 0 rings (SSSR count). The van der Waals surface area contributed by atoms with Crippen molar-refractivity contribution in [1.82, 2.24) is 16.0 Å². The second kappa shape index (κ2) is 9.15. The van der Waals surface area contributed by atoms with E-state index in [9.17, 15) is 14.4 Å². The number of methoxy groups -OCH3 is 1. The molecule has 0 heterocycles. The maximum atomic E-state index is 11.4. The summed E-state index contributed by atoms with van der Waals surface area (Å²) in [5.41, 5.74) is 0. The Bertz CT molecular complexity index is 319. The number of carboxylic acids is 1. The van der Waals surface area contributed by atoms with Gasteiger partial charge in [0.25, 0.3) is 0 Å². The van der Waals surface area contributed by atoms with E-state index < -0.39 is 18.0 Å². The van der Waals surface area contributed by atoms with Crippen molar-refractivity contribution in [2.75, 3.05) is 20.3 Å². The minimum Gasteiger partial charge on any atom is -0.480 e. The molecule has 4 N–H and O–H groups in total. The van der Waals surface area contributed by atoms with Crippen LogP contribution in [0.25, 0.3) is 0 Å². The van der Waals surface area contributed by atoms with Crippen LogP contribution in [-0.2, 0) is 14.3 Å². The molecule has 0 aliphatic heterocycles. The molecular weight excluding hydrogens is 254 g/mol. The highest BCUT2D eigenvalue weighted by atomic mass is 16.5. The summed E-state index contributed by atoms with van der Waals surface area (Å²) in [6, 6.07) is -1.73. The molecule has 8 nitrogen and oxygen atoms in total. The zero-order valence-electron chi connectivity index (χ0n) is 11.4. The standard InChI is InChI=1S/C11H21N3O5/c1-7(2)13-9(15)4-5-12-11(18)14-8(6-19-3)10(16)17/h7-8H,4-6H2,1-3H3,(H,13,15)(H,16,17)(H2,12,14,18). The van der Waals surface area contributed by atoms with Crippen LogP contribution >= 0.6 is 0 Å². The van der Waals surface area contributed by atoms with Gasteiger partial charge in [-0.3, -0.25) is 4.79 Å². The lowest BCUT2D eigenvalue weighted by atomic mass is 10.3. The summed E-state index contributed by atoms with van der Waals surface area (Å²) in [5, 5.41) is 16.1. The number of carbonyl (C=O) groups excluding carboxylic acids is 2. The molecular formula is C11H21N3O5. The molecule has 19 heavy (non-hydrogen) atoms. The summed E-state index contributed by atoms with van der Waals surface area (Å²) >= 11 is 0. The van der Waals surface area contributed by atoms with Crippen molar-refractivity contribution < 1.29 is 24.2 Å². The van der Waals surface area contributed by atoms with E-state index in [0.717, 1.165) is 0 Å². The number of rotatable bonds is 8. The van der Waals surface area contributed by atoms with E-state index in [1.807, 2.05) is 13.8 Å². The number of hydrogen-bond acceptors (Lipinski definition) is 4. The van der Waals surface area contributed by atoms with Gasteiger partial charge in [0.1, 0.15) is 0 Å². The largest absolute Gasteiger partial charge is 0.480 e. The quantitative estimate of drug-likeness (QED) is 0.467. The summed E-state index contributed by atoms with van der Waals surface area (Å²) in [7, 11) is 1.34. The molecule has 3 amide bonds. The molecule has 0 spiro atoms. The molecule has 0 radical (unpaired) electrons. The molecule has 0 fully saturated rings. The van der Waals surface area contributed by atoms with Crippen LogP contribution in [0.2, 0.25) is 0 Å². The van der Waals surface area contributed by atoms with Gasteiger partial charge in [0, 0.05) is 26.1 Å². The van der Waals surface area contributed by atoms with E-state index in [1.165, 1.54) is 7.11 Å². The van der Waals surface area contributed by atoms with Crippen molar-refractivity contribution in [2.45, 2.75) is 32.4 Å². The summed E-state index contributed by atoms with van der Waals surface area (Å²) in [5.74, 6) is -1.36. The molecule has 0 aliphatic rings. The van der Waals surface area contributed by atoms with Crippen LogP contribution < -0.4 is 16.0 Å². The highest BCUT2D eigenvalue weighted by Crippen LogP contribution is 1.86. The topological polar surface area (TPSA) is 117 Å². The van der Waals surface area contributed by atoms with Gasteiger partial charge in [-0.1, -0.05) is 0 Å². The average Bonchev–Trinajstić information content (AvgIpc) is 2.27. The Morgan fingerprint density at radius 1 is 1.21 bits per heavy atom. The van der Waals surface area contributed by atoms with Gasteiger partial charge in [-0.2, -0.15) is 0 Å². The van der Waals surface area contributed by atoms with Gasteiger partial charge in [-0.25, -0.2) is 9.59 Å². The number of nitrogens with one attached hydrogen (secondary N) is 3. The van der Waals surface area contributed by atoms with Crippen molar-refractivity contribution in [3.63, 3.8) is 0 Å². The fourth-order valence-electron chi connectivity index (χ4n) is 1.23. The third-order valence-electron chi connectivity index (χ3n) is 2.02. The van der Waals surface area contributed by atoms with Crippen molar-refractivity contribution in [1.29, 1.82) is 0 Å². The molecule has 0 saturated carbocycles. The fourth-order valence-corrected chi connectivity index (χ4v) is 1.23. The Labute approximate surface area is 111 Å². The normalized spacial score (nSPS) is 11.8. The van der Waals surface area contributed by atoms with Crippen molar-refractivity contribution in [2.24, 2.45) is 0 Å². The van der Waals surface area contributed by atoms with E-state index in [4.69, 9.17) is 5.11 Å². The lowest BCUT2D eigenvalue weighted by molar-refractivity contribution is -0.140. The summed E-state index contributed by atoms with van der Waals surface area (Å²) < 4.78 is 4.67. The van der Waals surface area contributed by atoms with Gasteiger partial charge >= 0.3 is 12.0 Å². The maximum absolute atomic E-state index is 11.4. The highest BCUT2D eigenvalue weighted by molar-refractivity contribution is 5.83. The van der Waals surface area contributed by atoms with E-state index in [0.29, 0.717) is 0 Å². The van der Waals surface area contributed by atoms with Gasteiger partial charge in [0.15, 0.2) is 6.04 Å². The summed E-state index contributed by atoms with van der Waals surface area (Å²) in [4.78, 5) is 33.4. The first-order valence-corrected chi connectivity index (χ1v) is 5.92. The molecule has 0 bridgehead atoms. The predicted octanol–water partition coefficient (Wildman–Crippen LogP) is -0.700. The molecule has 8 heteroatoms. The second-order valence-electron chi connectivity index (χ2n) is 4.22. The van der Waals surface area contributed by atoms with Gasteiger partial charge in [-0.15, -0.1) is 0 Å². The van der Waals surface area contributed by atoms with E-state index in [1.54, 1.807) is 0 Å². The van der Waals surface area contributed by atoms with Gasteiger partial charge < -0.3 is 25.8 Å². The number of ether oxygens (including phenoxy) is 1. The Morgan fingerprint density at radius 2 is 1.84 bits per heavy atom. The SMILES string of the molecule is COCC(NC(=O)NCCC(=O)NC(C)C)C(=O)O. The molecule has 1 atom stereocenters. The number of urea groups is 1. The van der Waals surface area contributed by atoms with Crippen LogP contribution in [-0.4, -0.2) is 55.4 Å². The van der Waals surface area contributed by atoms with Gasteiger partial charge in [-0.05, 0) is 13.8 Å². The van der Waals surface area contributed by atoms with Gasteiger partial charge in [0.05, 0.1) is 6.61 Å². The first-order valence-electron chi connectivity index (χ1n) is 5.92. The first-order chi connectivity index (χ1) is 8.86. The van der Waals surface area contributed by atoms with Crippen molar-refractivity contribution in [3.8, 4) is 0 Å². The number of aliphatic carboxylic acids is 1.